The molecule has 1 aromatic rings. The predicted molar refractivity (Wildman–Crippen MR) is 129 cm³/mol. The lowest BCUT2D eigenvalue weighted by Crippen LogP contribution is -2.62. The summed E-state index contributed by atoms with van der Waals surface area (Å²) in [7, 11) is -3.98. The van der Waals surface area contributed by atoms with Crippen LogP contribution >= 0.6 is 0 Å². The number of hydrogen-bond acceptors (Lipinski definition) is 4. The lowest BCUT2D eigenvalue weighted by atomic mass is 9.78. The minimum Gasteiger partial charge on any atom is -0.336 e. The molecule has 2 aliphatic heterocycles. The first-order valence-electron chi connectivity index (χ1n) is 12.3. The van der Waals surface area contributed by atoms with Gasteiger partial charge in [-0.15, -0.1) is 0 Å². The van der Waals surface area contributed by atoms with Crippen LogP contribution in [0.3, 0.4) is 0 Å². The Morgan fingerprint density at radius 2 is 1.73 bits per heavy atom. The van der Waals surface area contributed by atoms with E-state index in [1.807, 2.05) is 4.90 Å². The summed E-state index contributed by atoms with van der Waals surface area (Å²) in [5.74, 6) is -1.03. The summed E-state index contributed by atoms with van der Waals surface area (Å²) in [6, 6.07) is 3.81. The van der Waals surface area contributed by atoms with E-state index in [0.29, 0.717) is 19.6 Å². The molecule has 0 aliphatic carbocycles. The van der Waals surface area contributed by atoms with Crippen LogP contribution in [0.2, 0.25) is 0 Å². The van der Waals surface area contributed by atoms with Crippen LogP contribution in [0.5, 0.6) is 0 Å². The minimum atomic E-state index is -3.98. The van der Waals surface area contributed by atoms with Crippen molar-refractivity contribution < 1.29 is 17.6 Å². The van der Waals surface area contributed by atoms with Crippen molar-refractivity contribution in [2.24, 2.45) is 0 Å². The number of carbonyl (C=O) groups excluding carboxylic acids is 1. The molecule has 186 valence electrons. The standard InChI is InChI=1S/C25H40FN3O3S/c1-6-7-15-29(20-17-24(2,3)27-25(4,5)18-20)23(30)19-11-12-21(26)22(16-19)33(31,32)28-13-9-8-10-14-28/h11-12,16,20,27H,6-10,13-15,17-18H2,1-5H3. The van der Waals surface area contributed by atoms with E-state index in [0.717, 1.165) is 51.0 Å². The highest BCUT2D eigenvalue weighted by Crippen LogP contribution is 2.33. The second-order valence-corrected chi connectivity index (χ2v) is 12.8. The summed E-state index contributed by atoms with van der Waals surface area (Å²) >= 11 is 0. The van der Waals surface area contributed by atoms with E-state index in [9.17, 15) is 17.6 Å². The summed E-state index contributed by atoms with van der Waals surface area (Å²) in [5.41, 5.74) is -0.0388. The van der Waals surface area contributed by atoms with Crippen LogP contribution < -0.4 is 5.32 Å². The Balaban J connectivity index is 1.94. The fourth-order valence-corrected chi connectivity index (χ4v) is 7.12. The van der Waals surface area contributed by atoms with Crippen LogP contribution in [0.25, 0.3) is 0 Å². The van der Waals surface area contributed by atoms with E-state index in [2.05, 4.69) is 39.9 Å². The molecule has 3 rings (SSSR count). The van der Waals surface area contributed by atoms with Gasteiger partial charge in [-0.1, -0.05) is 19.8 Å². The van der Waals surface area contributed by atoms with Gasteiger partial charge in [0, 0.05) is 42.3 Å². The topological polar surface area (TPSA) is 69.7 Å². The van der Waals surface area contributed by atoms with Crippen LogP contribution in [-0.4, -0.2) is 60.3 Å². The van der Waals surface area contributed by atoms with Crippen LogP contribution in [0.1, 0.15) is 89.9 Å². The highest BCUT2D eigenvalue weighted by Gasteiger charge is 2.41. The molecule has 2 fully saturated rings. The first-order chi connectivity index (χ1) is 15.4. The molecule has 0 aromatic heterocycles. The van der Waals surface area contributed by atoms with E-state index < -0.39 is 20.7 Å². The van der Waals surface area contributed by atoms with Crippen molar-refractivity contribution in [2.75, 3.05) is 19.6 Å². The van der Waals surface area contributed by atoms with E-state index >= 15 is 0 Å². The number of piperidine rings is 2. The molecule has 0 atom stereocenters. The number of nitrogens with one attached hydrogen (secondary N) is 1. The SMILES string of the molecule is CCCCN(C(=O)c1ccc(F)c(S(=O)(=O)N2CCCCC2)c1)C1CC(C)(C)NC(C)(C)C1. The van der Waals surface area contributed by atoms with Crippen LogP contribution in [-0.2, 0) is 10.0 Å². The Morgan fingerprint density at radius 1 is 1.12 bits per heavy atom. The van der Waals surface area contributed by atoms with Crippen molar-refractivity contribution in [3.8, 4) is 0 Å². The molecule has 33 heavy (non-hydrogen) atoms. The van der Waals surface area contributed by atoms with Crippen molar-refractivity contribution >= 4 is 15.9 Å². The molecule has 0 bridgehead atoms. The van der Waals surface area contributed by atoms with Crippen LogP contribution in [0.15, 0.2) is 23.1 Å². The zero-order valence-electron chi connectivity index (χ0n) is 20.8. The number of nitrogens with zero attached hydrogens (tertiary/aromatic N) is 2. The molecule has 0 unspecified atom stereocenters. The van der Waals surface area contributed by atoms with Gasteiger partial charge in [0.2, 0.25) is 10.0 Å². The molecule has 2 heterocycles. The molecule has 6 nitrogen and oxygen atoms in total. The number of carbonyl (C=O) groups is 1. The third-order valence-corrected chi connectivity index (χ3v) is 8.65. The maximum Gasteiger partial charge on any atom is 0.254 e. The van der Waals surface area contributed by atoms with Gasteiger partial charge in [0.15, 0.2) is 0 Å². The Morgan fingerprint density at radius 3 is 2.30 bits per heavy atom. The molecule has 1 aromatic carbocycles. The summed E-state index contributed by atoms with van der Waals surface area (Å²) < 4.78 is 42.3. The summed E-state index contributed by atoms with van der Waals surface area (Å²) in [6.45, 7) is 12.0. The van der Waals surface area contributed by atoms with Gasteiger partial charge in [-0.05, 0) is 78.0 Å². The number of unbranched alkanes of at least 4 members (excludes halogenated alkanes) is 1. The molecule has 8 heteroatoms. The minimum absolute atomic E-state index is 0.0162. The quantitative estimate of drug-likeness (QED) is 0.620. The molecule has 1 N–H and O–H groups in total. The van der Waals surface area contributed by atoms with Crippen molar-refractivity contribution in [3.63, 3.8) is 0 Å². The van der Waals surface area contributed by atoms with E-state index in [1.165, 1.54) is 16.4 Å². The number of benzene rings is 1. The lowest BCUT2D eigenvalue weighted by Gasteiger charge is -2.49. The Hall–Kier alpha value is -1.51. The van der Waals surface area contributed by atoms with Gasteiger partial charge >= 0.3 is 0 Å². The maximum atomic E-state index is 14.7. The highest BCUT2D eigenvalue weighted by molar-refractivity contribution is 7.89. The Bertz CT molecular complexity index is 940. The van der Waals surface area contributed by atoms with Gasteiger partial charge in [0.05, 0.1) is 0 Å². The van der Waals surface area contributed by atoms with Crippen LogP contribution in [0.4, 0.5) is 4.39 Å². The third kappa shape index (κ3) is 6.14. The predicted octanol–water partition coefficient (Wildman–Crippen LogP) is 4.55. The largest absolute Gasteiger partial charge is 0.336 e. The summed E-state index contributed by atoms with van der Waals surface area (Å²) in [4.78, 5) is 15.2. The summed E-state index contributed by atoms with van der Waals surface area (Å²) in [6.07, 6.45) is 5.91. The van der Waals surface area contributed by atoms with Gasteiger partial charge in [-0.3, -0.25) is 4.79 Å². The lowest BCUT2D eigenvalue weighted by molar-refractivity contribution is 0.0441. The molecule has 2 aliphatic rings. The normalized spacial score (nSPS) is 21.6. The van der Waals surface area contributed by atoms with E-state index in [-0.39, 0.29) is 28.6 Å². The number of halogens is 1. The fraction of sp³-hybridized carbons (Fsp3) is 0.720. The molecule has 0 radical (unpaired) electrons. The molecular formula is C25H40FN3O3S. The molecule has 0 spiro atoms. The molecule has 1 amide bonds. The average Bonchev–Trinajstić information content (AvgIpc) is 2.72. The molecule has 0 saturated carbocycles. The van der Waals surface area contributed by atoms with Gasteiger partial charge in [0.25, 0.3) is 5.91 Å². The second-order valence-electron chi connectivity index (χ2n) is 10.9. The summed E-state index contributed by atoms with van der Waals surface area (Å²) in [5, 5.41) is 3.65. The third-order valence-electron chi connectivity index (χ3n) is 6.73. The first-order valence-corrected chi connectivity index (χ1v) is 13.7. The fourth-order valence-electron chi connectivity index (χ4n) is 5.51. The van der Waals surface area contributed by atoms with Gasteiger partial charge < -0.3 is 10.2 Å². The smallest absolute Gasteiger partial charge is 0.254 e. The monoisotopic (exact) mass is 481 g/mol. The number of amides is 1. The van der Waals surface area contributed by atoms with E-state index in [1.54, 1.807) is 0 Å². The first kappa shape index (κ1) is 26.1. The Kier molecular flexibility index (Phi) is 7.91. The van der Waals surface area contributed by atoms with Gasteiger partial charge in [-0.2, -0.15) is 4.31 Å². The van der Waals surface area contributed by atoms with Crippen molar-refractivity contribution in [1.29, 1.82) is 0 Å². The number of sulfonamides is 1. The highest BCUT2D eigenvalue weighted by atomic mass is 32.2. The van der Waals surface area contributed by atoms with Crippen molar-refractivity contribution in [1.82, 2.24) is 14.5 Å². The number of hydrogen-bond donors (Lipinski definition) is 1. The maximum absolute atomic E-state index is 14.7. The van der Waals surface area contributed by atoms with Crippen molar-refractivity contribution in [3.05, 3.63) is 29.6 Å². The van der Waals surface area contributed by atoms with Crippen LogP contribution in [0, 0.1) is 5.82 Å². The molecular weight excluding hydrogens is 441 g/mol. The zero-order chi connectivity index (χ0) is 24.4. The van der Waals surface area contributed by atoms with E-state index in [4.69, 9.17) is 0 Å². The Labute approximate surface area is 199 Å². The second kappa shape index (κ2) is 10.0. The van der Waals surface area contributed by atoms with Gasteiger partial charge in [0.1, 0.15) is 10.7 Å². The van der Waals surface area contributed by atoms with Crippen molar-refractivity contribution in [2.45, 2.75) is 102 Å². The van der Waals surface area contributed by atoms with Gasteiger partial charge in [-0.25, -0.2) is 12.8 Å². The zero-order valence-corrected chi connectivity index (χ0v) is 21.6. The average molecular weight is 482 g/mol. The number of rotatable bonds is 7. The molecule has 2 saturated heterocycles.